The van der Waals surface area contributed by atoms with Crippen molar-refractivity contribution >= 4 is 37.5 Å². The van der Waals surface area contributed by atoms with Crippen molar-refractivity contribution in [3.8, 4) is 11.1 Å². The summed E-state index contributed by atoms with van der Waals surface area (Å²) in [5, 5.41) is 2.18. The van der Waals surface area contributed by atoms with E-state index in [0.29, 0.717) is 0 Å². The summed E-state index contributed by atoms with van der Waals surface area (Å²) in [6, 6.07) is 20.3. The van der Waals surface area contributed by atoms with Crippen LogP contribution < -0.4 is 0 Å². The molecule has 1 nitrogen and oxygen atoms in total. The summed E-state index contributed by atoms with van der Waals surface area (Å²) in [6.45, 7) is 0. The zero-order chi connectivity index (χ0) is 14.1. The molecule has 0 saturated carbocycles. The second kappa shape index (κ2) is 5.51. The normalized spacial score (nSPS) is 12.5. The van der Waals surface area contributed by atoms with E-state index in [2.05, 4.69) is 40.2 Å². The van der Waals surface area contributed by atoms with Crippen LogP contribution in [0.4, 0.5) is 0 Å². The fraction of sp³-hybridized carbons (Fsp3) is 0.0588. The van der Waals surface area contributed by atoms with Crippen molar-refractivity contribution in [3.63, 3.8) is 0 Å². The lowest BCUT2D eigenvalue weighted by molar-refractivity contribution is 0.687. The first-order valence-electron chi connectivity index (χ1n) is 6.28. The monoisotopic (exact) mass is 344 g/mol. The molecular formula is C17H13BrOS. The molecule has 0 aliphatic heterocycles. The Morgan fingerprint density at radius 2 is 1.75 bits per heavy atom. The Hall–Kier alpha value is -1.45. The van der Waals surface area contributed by atoms with Crippen LogP contribution in [0.25, 0.3) is 21.9 Å². The quantitative estimate of drug-likeness (QED) is 0.638. The van der Waals surface area contributed by atoms with Gasteiger partial charge in [0.05, 0.1) is 15.7 Å². The van der Waals surface area contributed by atoms with E-state index in [4.69, 9.17) is 0 Å². The molecule has 0 amide bonds. The molecule has 3 rings (SSSR count). The molecular weight excluding hydrogens is 332 g/mol. The summed E-state index contributed by atoms with van der Waals surface area (Å²) >= 11 is 3.49. The van der Waals surface area contributed by atoms with Crippen LogP contribution in [0.2, 0.25) is 0 Å². The first-order chi connectivity index (χ1) is 9.66. The zero-order valence-electron chi connectivity index (χ0n) is 11.0. The van der Waals surface area contributed by atoms with E-state index in [1.165, 1.54) is 0 Å². The molecule has 0 aliphatic rings. The van der Waals surface area contributed by atoms with Gasteiger partial charge in [-0.1, -0.05) is 64.5 Å². The van der Waals surface area contributed by atoms with Crippen LogP contribution in [0.5, 0.6) is 0 Å². The van der Waals surface area contributed by atoms with Gasteiger partial charge < -0.3 is 0 Å². The lowest BCUT2D eigenvalue weighted by Crippen LogP contribution is -1.94. The highest BCUT2D eigenvalue weighted by atomic mass is 79.9. The second-order valence-corrected chi connectivity index (χ2v) is 6.86. The molecule has 0 aromatic heterocycles. The van der Waals surface area contributed by atoms with E-state index < -0.39 is 10.8 Å². The second-order valence-electron chi connectivity index (χ2n) is 4.63. The summed E-state index contributed by atoms with van der Waals surface area (Å²) in [4.78, 5) is 0.904. The van der Waals surface area contributed by atoms with Crippen molar-refractivity contribution in [1.29, 1.82) is 0 Å². The predicted octanol–water partition coefficient (Wildman–Crippen LogP) is 5.01. The lowest BCUT2D eigenvalue weighted by Gasteiger charge is -2.11. The fourth-order valence-corrected chi connectivity index (χ4v) is 3.83. The minimum Gasteiger partial charge on any atom is -0.255 e. The molecule has 0 aliphatic carbocycles. The van der Waals surface area contributed by atoms with Crippen molar-refractivity contribution < 1.29 is 4.21 Å². The molecule has 0 spiro atoms. The number of hydrogen-bond acceptors (Lipinski definition) is 1. The Bertz CT molecular complexity index is 811. The molecule has 0 saturated heterocycles. The number of fused-ring (bicyclic) bond motifs is 1. The first-order valence-corrected chi connectivity index (χ1v) is 8.63. The molecule has 0 heterocycles. The highest BCUT2D eigenvalue weighted by molar-refractivity contribution is 9.10. The fourth-order valence-electron chi connectivity index (χ4n) is 2.44. The van der Waals surface area contributed by atoms with Gasteiger partial charge in [-0.3, -0.25) is 4.21 Å². The molecule has 0 bridgehead atoms. The summed E-state index contributed by atoms with van der Waals surface area (Å²) in [5.41, 5.74) is 2.11. The van der Waals surface area contributed by atoms with Gasteiger partial charge in [0.25, 0.3) is 0 Å². The number of rotatable bonds is 2. The molecule has 20 heavy (non-hydrogen) atoms. The molecule has 1 atom stereocenters. The highest BCUT2D eigenvalue weighted by Crippen LogP contribution is 2.33. The molecule has 100 valence electrons. The third-order valence-electron chi connectivity index (χ3n) is 3.30. The third-order valence-corrected chi connectivity index (χ3v) is 4.81. The van der Waals surface area contributed by atoms with E-state index in [9.17, 15) is 4.21 Å². The molecule has 0 N–H and O–H groups in total. The van der Waals surface area contributed by atoms with Gasteiger partial charge in [-0.15, -0.1) is 0 Å². The topological polar surface area (TPSA) is 17.1 Å². The first kappa shape index (κ1) is 13.5. The molecule has 3 heteroatoms. The molecule has 3 aromatic rings. The van der Waals surface area contributed by atoms with Gasteiger partial charge in [0.2, 0.25) is 0 Å². The largest absolute Gasteiger partial charge is 0.255 e. The highest BCUT2D eigenvalue weighted by Gasteiger charge is 2.12. The minimum atomic E-state index is -1.04. The Labute approximate surface area is 129 Å². The summed E-state index contributed by atoms with van der Waals surface area (Å²) in [7, 11) is -1.04. The number of hydrogen-bond donors (Lipinski definition) is 0. The number of halogens is 1. The maximum atomic E-state index is 12.2. The van der Waals surface area contributed by atoms with Gasteiger partial charge >= 0.3 is 0 Å². The average molecular weight is 345 g/mol. The summed E-state index contributed by atoms with van der Waals surface area (Å²) in [6.07, 6.45) is 1.74. The molecule has 3 aromatic carbocycles. The van der Waals surface area contributed by atoms with E-state index in [-0.39, 0.29) is 0 Å². The van der Waals surface area contributed by atoms with Gasteiger partial charge in [0.1, 0.15) is 0 Å². The van der Waals surface area contributed by atoms with E-state index in [1.807, 2.05) is 36.4 Å². The molecule has 0 radical (unpaired) electrons. The van der Waals surface area contributed by atoms with Crippen molar-refractivity contribution in [2.45, 2.75) is 4.90 Å². The van der Waals surface area contributed by atoms with Gasteiger partial charge in [-0.05, 0) is 34.0 Å². The zero-order valence-corrected chi connectivity index (χ0v) is 13.4. The maximum Gasteiger partial charge on any atom is 0.0541 e. The van der Waals surface area contributed by atoms with Crippen LogP contribution in [-0.2, 0) is 10.8 Å². The predicted molar refractivity (Wildman–Crippen MR) is 89.4 cm³/mol. The van der Waals surface area contributed by atoms with E-state index in [0.717, 1.165) is 31.3 Å². The summed E-state index contributed by atoms with van der Waals surface area (Å²) in [5.74, 6) is 0. The van der Waals surface area contributed by atoms with Crippen molar-refractivity contribution in [2.75, 3.05) is 6.26 Å². The van der Waals surface area contributed by atoms with Crippen LogP contribution in [0.15, 0.2) is 70.0 Å². The smallest absolute Gasteiger partial charge is 0.0541 e. The Morgan fingerprint density at radius 3 is 2.50 bits per heavy atom. The van der Waals surface area contributed by atoms with Gasteiger partial charge in [0.15, 0.2) is 0 Å². The Balaban J connectivity index is 2.36. The van der Waals surface area contributed by atoms with E-state index in [1.54, 1.807) is 6.26 Å². The van der Waals surface area contributed by atoms with E-state index >= 15 is 0 Å². The minimum absolute atomic E-state index is 0.904. The van der Waals surface area contributed by atoms with Gasteiger partial charge in [0, 0.05) is 10.7 Å². The van der Waals surface area contributed by atoms with Crippen LogP contribution in [0.3, 0.4) is 0 Å². The maximum absolute atomic E-state index is 12.2. The summed E-state index contributed by atoms with van der Waals surface area (Å²) < 4.78 is 13.3. The van der Waals surface area contributed by atoms with Crippen molar-refractivity contribution in [1.82, 2.24) is 0 Å². The average Bonchev–Trinajstić information content (AvgIpc) is 2.45. The lowest BCUT2D eigenvalue weighted by atomic mass is 10.0. The van der Waals surface area contributed by atoms with Crippen LogP contribution >= 0.6 is 15.9 Å². The Morgan fingerprint density at radius 1 is 0.950 bits per heavy atom. The van der Waals surface area contributed by atoms with Crippen LogP contribution in [0.1, 0.15) is 0 Å². The standard InChI is InChI=1S/C17H13BrOS/c1-20(19)17-15-8-3-2-5-12(15)9-10-16(17)13-6-4-7-14(18)11-13/h2-11H,1H3. The Kier molecular flexibility index (Phi) is 3.72. The SMILES string of the molecule is CS(=O)c1c(-c2cccc(Br)c2)ccc2ccccc12. The third kappa shape index (κ3) is 2.43. The van der Waals surface area contributed by atoms with Gasteiger partial charge in [-0.25, -0.2) is 0 Å². The molecule has 1 unspecified atom stereocenters. The number of benzene rings is 3. The van der Waals surface area contributed by atoms with Crippen molar-refractivity contribution in [3.05, 3.63) is 65.1 Å². The van der Waals surface area contributed by atoms with Crippen LogP contribution in [-0.4, -0.2) is 10.5 Å². The van der Waals surface area contributed by atoms with Crippen LogP contribution in [0, 0.1) is 0 Å². The van der Waals surface area contributed by atoms with Crippen molar-refractivity contribution in [2.24, 2.45) is 0 Å². The van der Waals surface area contributed by atoms with Gasteiger partial charge in [-0.2, -0.15) is 0 Å². The molecule has 0 fully saturated rings.